The molecular weight excluding hydrogens is 398 g/mol. The van der Waals surface area contributed by atoms with Gasteiger partial charge in [0.25, 0.3) is 0 Å². The number of halogens is 1. The number of ether oxygens (including phenoxy) is 1. The number of fused-ring (bicyclic) bond motifs is 1. The maximum atomic E-state index is 13.2. The lowest BCUT2D eigenvalue weighted by atomic mass is 9.99. The van der Waals surface area contributed by atoms with Crippen LogP contribution in [0.3, 0.4) is 0 Å². The van der Waals surface area contributed by atoms with Crippen molar-refractivity contribution in [3.63, 3.8) is 0 Å². The monoisotopic (exact) mass is 420 g/mol. The Labute approximate surface area is 162 Å². The lowest BCUT2D eigenvalue weighted by molar-refractivity contribution is -0.126. The average molecular weight is 421 g/mol. The highest BCUT2D eigenvalue weighted by atomic mass is 79.9. The quantitative estimate of drug-likeness (QED) is 0.266. The topological polar surface area (TPSA) is 26.3 Å². The molecule has 1 heterocycles. The van der Waals surface area contributed by atoms with E-state index < -0.39 is 0 Å². The van der Waals surface area contributed by atoms with Crippen LogP contribution >= 0.6 is 27.9 Å². The predicted octanol–water partition coefficient (Wildman–Crippen LogP) is 5.53. The smallest absolute Gasteiger partial charge is 0.337 e. The van der Waals surface area contributed by atoms with Crippen molar-refractivity contribution < 1.29 is 9.53 Å². The van der Waals surface area contributed by atoms with Crippen LogP contribution in [-0.4, -0.2) is 24.9 Å². The molecule has 2 atom stereocenters. The molecule has 2 aromatic carbocycles. The Balaban J connectivity index is 1.94. The van der Waals surface area contributed by atoms with Gasteiger partial charge in [0.15, 0.2) is 11.4 Å². The minimum Gasteiger partial charge on any atom is -0.487 e. The summed E-state index contributed by atoms with van der Waals surface area (Å²) in [4.78, 5) is 14.4. The van der Waals surface area contributed by atoms with E-state index in [1.165, 1.54) is 0 Å². The van der Waals surface area contributed by atoms with Gasteiger partial charge in [-0.3, -0.25) is 0 Å². The van der Waals surface area contributed by atoms with Gasteiger partial charge >= 0.3 is 5.91 Å². The Morgan fingerprint density at radius 2 is 1.84 bits per heavy atom. The molecule has 3 nitrogen and oxygen atoms in total. The number of rotatable bonds is 6. The molecule has 2 aromatic rings. The standard InChI is InChI=1S/C20H23BrNO2S/c1-15-16-9-3-6-12-19(16)25-22(2,20(15)23)17-10-4-5-11-18(17)24-14-8-7-13-21/h3-6,9-12,15H,7-8,13-14H2,1-2H3/q+1. The molecule has 132 valence electrons. The lowest BCUT2D eigenvalue weighted by Crippen LogP contribution is -2.48. The highest BCUT2D eigenvalue weighted by molar-refractivity contribution is 9.09. The molecule has 25 heavy (non-hydrogen) atoms. The van der Waals surface area contributed by atoms with Crippen molar-refractivity contribution in [3.8, 4) is 5.75 Å². The van der Waals surface area contributed by atoms with Gasteiger partial charge in [0, 0.05) is 11.4 Å². The first-order chi connectivity index (χ1) is 12.1. The Morgan fingerprint density at radius 3 is 2.64 bits per heavy atom. The van der Waals surface area contributed by atoms with Gasteiger partial charge < -0.3 is 4.74 Å². The van der Waals surface area contributed by atoms with Crippen LogP contribution in [0.15, 0.2) is 53.4 Å². The molecule has 2 unspecified atom stereocenters. The number of hydrogen-bond donors (Lipinski definition) is 0. The number of benzene rings is 2. The van der Waals surface area contributed by atoms with Gasteiger partial charge in [-0.15, -0.1) is 0 Å². The zero-order chi connectivity index (χ0) is 17.9. The summed E-state index contributed by atoms with van der Waals surface area (Å²) in [6, 6.07) is 16.1. The molecule has 1 amide bonds. The summed E-state index contributed by atoms with van der Waals surface area (Å²) in [6.07, 6.45) is 2.07. The van der Waals surface area contributed by atoms with E-state index in [-0.39, 0.29) is 15.7 Å². The molecule has 0 fully saturated rings. The van der Waals surface area contributed by atoms with Gasteiger partial charge in [0.05, 0.1) is 24.5 Å². The summed E-state index contributed by atoms with van der Waals surface area (Å²) in [6.45, 7) is 2.66. The molecule has 0 aromatic heterocycles. The van der Waals surface area contributed by atoms with E-state index in [2.05, 4.69) is 28.1 Å². The molecule has 1 aliphatic rings. The van der Waals surface area contributed by atoms with Gasteiger partial charge in [-0.25, -0.2) is 4.79 Å². The highest BCUT2D eigenvalue weighted by Crippen LogP contribution is 2.48. The predicted molar refractivity (Wildman–Crippen MR) is 108 cm³/mol. The fourth-order valence-electron chi connectivity index (χ4n) is 3.14. The van der Waals surface area contributed by atoms with E-state index in [1.807, 2.05) is 50.4 Å². The number of hydrogen-bond acceptors (Lipinski definition) is 3. The van der Waals surface area contributed by atoms with E-state index in [0.29, 0.717) is 6.61 Å². The van der Waals surface area contributed by atoms with Crippen molar-refractivity contribution in [1.82, 2.24) is 3.89 Å². The van der Waals surface area contributed by atoms with E-state index in [9.17, 15) is 4.79 Å². The molecule has 0 saturated carbocycles. The van der Waals surface area contributed by atoms with E-state index in [1.54, 1.807) is 11.9 Å². The van der Waals surface area contributed by atoms with Crippen LogP contribution in [0.25, 0.3) is 0 Å². The van der Waals surface area contributed by atoms with Crippen molar-refractivity contribution in [3.05, 3.63) is 54.1 Å². The number of unbranched alkanes of at least 4 members (excludes halogenated alkanes) is 1. The van der Waals surface area contributed by atoms with Crippen molar-refractivity contribution >= 4 is 39.5 Å². The normalized spacial score (nSPS) is 22.5. The Bertz CT molecular complexity index is 767. The average Bonchev–Trinajstić information content (AvgIpc) is 2.64. The van der Waals surface area contributed by atoms with Gasteiger partial charge in [-0.05, 0) is 37.5 Å². The molecule has 0 saturated heterocycles. The molecular formula is C20H23BrNO2S+. The Hall–Kier alpha value is -1.30. The minimum atomic E-state index is -0.135. The fourth-order valence-corrected chi connectivity index (χ4v) is 4.92. The number of carbonyl (C=O) groups excluding carboxylic acids is 1. The van der Waals surface area contributed by atoms with E-state index >= 15 is 0 Å². The van der Waals surface area contributed by atoms with Crippen molar-refractivity contribution in [1.29, 1.82) is 0 Å². The number of alkyl halides is 1. The summed E-state index contributed by atoms with van der Waals surface area (Å²) in [5, 5.41) is 0.981. The lowest BCUT2D eigenvalue weighted by Gasteiger charge is -2.36. The Morgan fingerprint density at radius 1 is 1.12 bits per heavy atom. The maximum Gasteiger partial charge on any atom is 0.337 e. The van der Waals surface area contributed by atoms with Crippen LogP contribution in [-0.2, 0) is 4.79 Å². The second-order valence-electron chi connectivity index (χ2n) is 6.33. The summed E-state index contributed by atoms with van der Waals surface area (Å²) in [7, 11) is 1.97. The number of carbonyl (C=O) groups is 1. The molecule has 3 rings (SSSR count). The third-order valence-electron chi connectivity index (χ3n) is 4.57. The van der Waals surface area contributed by atoms with Crippen molar-refractivity contribution in [2.24, 2.45) is 0 Å². The largest absolute Gasteiger partial charge is 0.487 e. The SMILES string of the molecule is CC1C(=O)[N+](C)(c2ccccc2OCCCCBr)Sc2ccccc21. The van der Waals surface area contributed by atoms with Crippen LogP contribution in [0, 0.1) is 0 Å². The van der Waals surface area contributed by atoms with Gasteiger partial charge in [-0.1, -0.05) is 46.3 Å². The number of para-hydroxylation sites is 2. The molecule has 0 N–H and O–H groups in total. The summed E-state index contributed by atoms with van der Waals surface area (Å²) in [5.74, 6) is 0.844. The third-order valence-corrected chi connectivity index (χ3v) is 6.44. The summed E-state index contributed by atoms with van der Waals surface area (Å²) in [5.41, 5.74) is 2.03. The first kappa shape index (κ1) is 18.5. The second-order valence-corrected chi connectivity index (χ2v) is 8.47. The van der Waals surface area contributed by atoms with Crippen LogP contribution in [0.1, 0.15) is 31.2 Å². The molecule has 5 heteroatoms. The van der Waals surface area contributed by atoms with E-state index in [0.717, 1.165) is 40.1 Å². The first-order valence-electron chi connectivity index (χ1n) is 8.55. The zero-order valence-electron chi connectivity index (χ0n) is 14.6. The molecule has 1 aliphatic heterocycles. The fraction of sp³-hybridized carbons (Fsp3) is 0.350. The zero-order valence-corrected chi connectivity index (χ0v) is 17.0. The molecule has 0 bridgehead atoms. The molecule has 0 spiro atoms. The minimum absolute atomic E-state index is 0.135. The van der Waals surface area contributed by atoms with Crippen molar-refractivity contribution in [2.75, 3.05) is 19.0 Å². The van der Waals surface area contributed by atoms with Crippen LogP contribution in [0.4, 0.5) is 5.69 Å². The van der Waals surface area contributed by atoms with Crippen LogP contribution in [0.2, 0.25) is 0 Å². The number of nitrogens with zero attached hydrogens (tertiary/aromatic N) is 1. The van der Waals surface area contributed by atoms with Crippen molar-refractivity contribution in [2.45, 2.75) is 30.6 Å². The third kappa shape index (κ3) is 3.64. The second kappa shape index (κ2) is 7.94. The molecule has 0 radical (unpaired) electrons. The van der Waals surface area contributed by atoms with Gasteiger partial charge in [-0.2, -0.15) is 3.89 Å². The maximum absolute atomic E-state index is 13.2. The van der Waals surface area contributed by atoms with E-state index in [4.69, 9.17) is 4.74 Å². The summed E-state index contributed by atoms with van der Waals surface area (Å²) >= 11 is 5.03. The Kier molecular flexibility index (Phi) is 5.87. The van der Waals surface area contributed by atoms with Gasteiger partial charge in [0.2, 0.25) is 0 Å². The van der Waals surface area contributed by atoms with Gasteiger partial charge in [0.1, 0.15) is 11.9 Å². The number of amides is 1. The van der Waals surface area contributed by atoms with Crippen LogP contribution < -0.4 is 8.63 Å². The number of likely N-dealkylation sites (N-methyl/N-ethyl adjacent to an activating group) is 1. The van der Waals surface area contributed by atoms with Crippen LogP contribution in [0.5, 0.6) is 5.75 Å². The first-order valence-corrected chi connectivity index (χ1v) is 10.4. The highest BCUT2D eigenvalue weighted by Gasteiger charge is 2.47. The molecule has 0 aliphatic carbocycles. The summed E-state index contributed by atoms with van der Waals surface area (Å²) < 4.78 is 6.20. The number of quaternary nitrogens is 1.